The van der Waals surface area contributed by atoms with Gasteiger partial charge in [-0.25, -0.2) is 0 Å². The summed E-state index contributed by atoms with van der Waals surface area (Å²) in [5, 5.41) is 0. The van der Waals surface area contributed by atoms with Gasteiger partial charge in [-0.15, -0.1) is 0 Å². The van der Waals surface area contributed by atoms with Crippen molar-refractivity contribution < 1.29 is 19.0 Å². The first-order valence-corrected chi connectivity index (χ1v) is 11.2. The molecule has 2 aliphatic carbocycles. The number of carbonyl (C=O) groups is 1. The fraction of sp³-hybridized carbons (Fsp3) is 0.500. The number of piperidine rings is 1. The van der Waals surface area contributed by atoms with Crippen LogP contribution < -0.4 is 9.47 Å². The van der Waals surface area contributed by atoms with Gasteiger partial charge in [-0.2, -0.15) is 0 Å². The first-order valence-electron chi connectivity index (χ1n) is 11.2. The van der Waals surface area contributed by atoms with Crippen LogP contribution in [0.1, 0.15) is 42.4 Å². The average molecular weight is 422 g/mol. The zero-order chi connectivity index (χ0) is 21.6. The van der Waals surface area contributed by atoms with Crippen molar-refractivity contribution >= 4 is 5.78 Å². The second-order valence-electron chi connectivity index (χ2n) is 9.25. The predicted molar refractivity (Wildman–Crippen MR) is 119 cm³/mol. The Bertz CT molecular complexity index is 990. The molecule has 1 heterocycles. The van der Waals surface area contributed by atoms with Crippen LogP contribution in [0.15, 0.2) is 42.5 Å². The third-order valence-corrected chi connectivity index (χ3v) is 7.95. The quantitative estimate of drug-likeness (QED) is 0.733. The number of hydrogen-bond acceptors (Lipinski definition) is 5. The van der Waals surface area contributed by atoms with Gasteiger partial charge in [0.15, 0.2) is 11.5 Å². The van der Waals surface area contributed by atoms with Crippen LogP contribution in [0.5, 0.6) is 11.5 Å². The number of ketones is 1. The largest absolute Gasteiger partial charge is 0.493 e. The molecule has 2 fully saturated rings. The highest BCUT2D eigenvalue weighted by atomic mass is 16.5. The Labute approximate surface area is 184 Å². The van der Waals surface area contributed by atoms with E-state index >= 15 is 0 Å². The van der Waals surface area contributed by atoms with Crippen LogP contribution in [-0.2, 0) is 28.0 Å². The highest BCUT2D eigenvalue weighted by Crippen LogP contribution is 2.61. The maximum Gasteiger partial charge on any atom is 0.164 e. The van der Waals surface area contributed by atoms with Gasteiger partial charge >= 0.3 is 0 Å². The lowest BCUT2D eigenvalue weighted by Crippen LogP contribution is -2.73. The van der Waals surface area contributed by atoms with Crippen LogP contribution in [0.4, 0.5) is 0 Å². The number of likely N-dealkylation sites (N-methyl/N-ethyl adjacent to an activating group) is 1. The smallest absolute Gasteiger partial charge is 0.164 e. The number of fused-ring (bicyclic) bond motifs is 1. The molecule has 3 atom stereocenters. The molecule has 0 unspecified atom stereocenters. The monoisotopic (exact) mass is 421 g/mol. The molecule has 5 heteroatoms. The van der Waals surface area contributed by atoms with Crippen molar-refractivity contribution in [2.45, 2.75) is 55.8 Å². The van der Waals surface area contributed by atoms with Crippen molar-refractivity contribution in [3.63, 3.8) is 0 Å². The molecule has 0 spiro atoms. The summed E-state index contributed by atoms with van der Waals surface area (Å²) in [5.41, 5.74) is 2.74. The lowest BCUT2D eigenvalue weighted by Gasteiger charge is -2.64. The van der Waals surface area contributed by atoms with Gasteiger partial charge in [0.05, 0.1) is 12.7 Å². The molecule has 1 saturated carbocycles. The third kappa shape index (κ3) is 2.94. The van der Waals surface area contributed by atoms with Gasteiger partial charge in [0.1, 0.15) is 12.4 Å². The molecule has 1 saturated heterocycles. The highest BCUT2D eigenvalue weighted by molar-refractivity contribution is 5.83. The van der Waals surface area contributed by atoms with Crippen LogP contribution in [0.3, 0.4) is 0 Å². The fourth-order valence-electron chi connectivity index (χ4n) is 6.54. The Morgan fingerprint density at radius 1 is 1.10 bits per heavy atom. The van der Waals surface area contributed by atoms with Gasteiger partial charge in [0.25, 0.3) is 0 Å². The summed E-state index contributed by atoms with van der Waals surface area (Å²) in [6.45, 7) is 1.42. The van der Waals surface area contributed by atoms with E-state index in [2.05, 4.69) is 30.1 Å². The Morgan fingerprint density at radius 2 is 1.90 bits per heavy atom. The maximum absolute atomic E-state index is 12.8. The highest BCUT2D eigenvalue weighted by Gasteiger charge is 2.66. The topological polar surface area (TPSA) is 48.0 Å². The second-order valence-corrected chi connectivity index (χ2v) is 9.25. The molecule has 3 aliphatic rings. The average Bonchev–Trinajstić information content (AvgIpc) is 2.80. The van der Waals surface area contributed by atoms with Crippen LogP contribution in [0.2, 0.25) is 0 Å². The SMILES string of the molecule is COc1c(OCc2ccccc2)ccc2c1[C@]13CCN(C)[C@H](C2)[C@]1(OC)CCC(=O)C3. The number of benzene rings is 2. The normalized spacial score (nSPS) is 29.8. The summed E-state index contributed by atoms with van der Waals surface area (Å²) < 4.78 is 18.7. The minimum atomic E-state index is -0.383. The fourth-order valence-corrected chi connectivity index (χ4v) is 6.54. The van der Waals surface area contributed by atoms with Crippen molar-refractivity contribution in [2.24, 2.45) is 0 Å². The molecule has 164 valence electrons. The third-order valence-electron chi connectivity index (χ3n) is 7.95. The Morgan fingerprint density at radius 3 is 2.65 bits per heavy atom. The molecule has 31 heavy (non-hydrogen) atoms. The zero-order valence-electron chi connectivity index (χ0n) is 18.6. The maximum atomic E-state index is 12.8. The van der Waals surface area contributed by atoms with E-state index in [1.165, 1.54) is 5.56 Å². The molecule has 0 radical (unpaired) electrons. The number of ether oxygens (including phenoxy) is 3. The van der Waals surface area contributed by atoms with Gasteiger partial charge in [-0.05, 0) is 50.0 Å². The van der Waals surface area contributed by atoms with E-state index < -0.39 is 0 Å². The van der Waals surface area contributed by atoms with Crippen LogP contribution >= 0.6 is 0 Å². The second kappa shape index (κ2) is 7.64. The molecule has 2 aromatic rings. The standard InChI is InChI=1S/C26H31NO4/c1-27-14-13-25-16-20(28)11-12-26(25,30-3)22(27)15-19-9-10-21(24(29-2)23(19)25)31-17-18-7-5-4-6-8-18/h4-10,22H,11-17H2,1-3H3/t22-,25-,26-/m1/s1. The number of rotatable bonds is 5. The Balaban J connectivity index is 1.64. The summed E-state index contributed by atoms with van der Waals surface area (Å²) in [7, 11) is 5.72. The molecule has 5 rings (SSSR count). The zero-order valence-corrected chi connectivity index (χ0v) is 18.6. The van der Waals surface area contributed by atoms with E-state index in [9.17, 15) is 4.79 Å². The number of carbonyl (C=O) groups excluding carboxylic acids is 1. The Kier molecular flexibility index (Phi) is 5.06. The van der Waals surface area contributed by atoms with E-state index in [0.29, 0.717) is 25.2 Å². The summed E-state index contributed by atoms with van der Waals surface area (Å²) in [5.74, 6) is 1.83. The van der Waals surface area contributed by atoms with Crippen LogP contribution in [0.25, 0.3) is 0 Å². The lowest BCUT2D eigenvalue weighted by atomic mass is 9.49. The van der Waals surface area contributed by atoms with Crippen molar-refractivity contribution in [3.05, 3.63) is 59.2 Å². The van der Waals surface area contributed by atoms with E-state index in [-0.39, 0.29) is 17.1 Å². The summed E-state index contributed by atoms with van der Waals surface area (Å²) in [6.07, 6.45) is 3.63. The molecule has 5 nitrogen and oxygen atoms in total. The Hall–Kier alpha value is -2.37. The molecule has 0 amide bonds. The minimum absolute atomic E-state index is 0.257. The molecular weight excluding hydrogens is 390 g/mol. The van der Waals surface area contributed by atoms with Crippen LogP contribution in [-0.4, -0.2) is 50.1 Å². The predicted octanol–water partition coefficient (Wildman–Crippen LogP) is 3.91. The van der Waals surface area contributed by atoms with E-state index in [1.807, 2.05) is 31.4 Å². The van der Waals surface area contributed by atoms with Gasteiger partial charge in [-0.1, -0.05) is 36.4 Å². The van der Waals surface area contributed by atoms with Crippen molar-refractivity contribution in [3.8, 4) is 11.5 Å². The molecule has 0 N–H and O–H groups in total. The van der Waals surface area contributed by atoms with Gasteiger partial charge in [-0.3, -0.25) is 4.79 Å². The first kappa shape index (κ1) is 20.5. The number of hydrogen-bond donors (Lipinski definition) is 0. The molecule has 0 aromatic heterocycles. The molecule has 1 aliphatic heterocycles. The van der Waals surface area contributed by atoms with Crippen molar-refractivity contribution in [2.75, 3.05) is 27.8 Å². The molecular formula is C26H31NO4. The number of nitrogens with zero attached hydrogens (tertiary/aromatic N) is 1. The number of Topliss-reactive ketones (excluding diaryl/α,β-unsaturated/α-hetero) is 1. The van der Waals surface area contributed by atoms with Crippen LogP contribution in [0, 0.1) is 0 Å². The van der Waals surface area contributed by atoms with E-state index in [1.54, 1.807) is 7.11 Å². The summed E-state index contributed by atoms with van der Waals surface area (Å²) in [6, 6.07) is 14.6. The molecule has 2 bridgehead atoms. The summed E-state index contributed by atoms with van der Waals surface area (Å²) in [4.78, 5) is 15.2. The van der Waals surface area contributed by atoms with Gasteiger partial charge < -0.3 is 19.1 Å². The first-order chi connectivity index (χ1) is 15.0. The van der Waals surface area contributed by atoms with Crippen molar-refractivity contribution in [1.82, 2.24) is 4.90 Å². The summed E-state index contributed by atoms with van der Waals surface area (Å²) >= 11 is 0. The number of methoxy groups -OCH3 is 2. The number of likely N-dealkylation sites (tertiary alicyclic amines) is 1. The van der Waals surface area contributed by atoms with Crippen molar-refractivity contribution in [1.29, 1.82) is 0 Å². The lowest BCUT2D eigenvalue weighted by molar-refractivity contribution is -0.183. The van der Waals surface area contributed by atoms with E-state index in [0.717, 1.165) is 48.4 Å². The van der Waals surface area contributed by atoms with Gasteiger partial charge in [0.2, 0.25) is 0 Å². The minimum Gasteiger partial charge on any atom is -0.493 e. The van der Waals surface area contributed by atoms with E-state index in [4.69, 9.17) is 14.2 Å². The van der Waals surface area contributed by atoms with Gasteiger partial charge in [0, 0.05) is 37.0 Å². The molecule has 2 aromatic carbocycles.